The van der Waals surface area contributed by atoms with Gasteiger partial charge in [0.05, 0.1) is 28.8 Å². The third kappa shape index (κ3) is 6.57. The lowest BCUT2D eigenvalue weighted by atomic mass is 10.1. The molecule has 0 saturated heterocycles. The molecule has 0 fully saturated rings. The Kier molecular flexibility index (Phi) is 8.97. The Balaban J connectivity index is 1.65. The van der Waals surface area contributed by atoms with Gasteiger partial charge in [0.2, 0.25) is 0 Å². The van der Waals surface area contributed by atoms with Crippen LogP contribution in [0.25, 0.3) is 6.08 Å². The number of carbonyl (C=O) groups is 1. The summed E-state index contributed by atoms with van der Waals surface area (Å²) in [7, 11) is 1.55. The number of hydrogen-bond donors (Lipinski definition) is 1. The van der Waals surface area contributed by atoms with E-state index in [2.05, 4.69) is 20.9 Å². The monoisotopic (exact) mass is 599 g/mol. The standard InChI is InChI=1S/C28H23BrClNO5S/c1-3-35-28(33)24-25(32)23(37-27(24)31-20-7-5-4-6-8-20)15-18-13-21(29)26(22(14-18)34-2)36-16-17-9-11-19(30)12-10-17/h4-15,32H,3,16H2,1-2H3/b23-15-,31-27?. The minimum absolute atomic E-state index is 0.0379. The lowest BCUT2D eigenvalue weighted by Crippen LogP contribution is -2.12. The highest BCUT2D eigenvalue weighted by Crippen LogP contribution is 2.42. The van der Waals surface area contributed by atoms with E-state index in [1.807, 2.05) is 48.5 Å². The van der Waals surface area contributed by atoms with Crippen LogP contribution in [0.1, 0.15) is 18.1 Å². The third-order valence-corrected chi connectivity index (χ3v) is 7.06. The molecule has 4 rings (SSSR count). The zero-order valence-corrected chi connectivity index (χ0v) is 23.2. The molecule has 0 aliphatic carbocycles. The van der Waals surface area contributed by atoms with Crippen molar-refractivity contribution in [3.05, 3.63) is 104 Å². The number of thioether (sulfide) groups is 1. The molecule has 0 bridgehead atoms. The first-order chi connectivity index (χ1) is 17.9. The maximum atomic E-state index is 12.6. The second kappa shape index (κ2) is 12.4. The molecule has 0 spiro atoms. The van der Waals surface area contributed by atoms with Crippen molar-refractivity contribution < 1.29 is 24.1 Å². The summed E-state index contributed by atoms with van der Waals surface area (Å²) in [6, 6.07) is 20.3. The number of nitrogens with zero attached hydrogens (tertiary/aromatic N) is 1. The van der Waals surface area contributed by atoms with Crippen LogP contribution in [0, 0.1) is 0 Å². The summed E-state index contributed by atoms with van der Waals surface area (Å²) in [5.41, 5.74) is 2.38. The van der Waals surface area contributed by atoms with Crippen LogP contribution in [0.5, 0.6) is 11.5 Å². The van der Waals surface area contributed by atoms with Gasteiger partial charge in [-0.05, 0) is 76.5 Å². The van der Waals surface area contributed by atoms with E-state index in [-0.39, 0.29) is 17.9 Å². The van der Waals surface area contributed by atoms with Crippen LogP contribution in [0.4, 0.5) is 5.69 Å². The SMILES string of the molecule is CCOC(=O)C1=C(O)/C(=C/c2cc(Br)c(OCc3ccc(Cl)cc3)c(OC)c2)SC1=Nc1ccccc1. The van der Waals surface area contributed by atoms with Gasteiger partial charge in [-0.3, -0.25) is 0 Å². The van der Waals surface area contributed by atoms with Gasteiger partial charge in [-0.2, -0.15) is 0 Å². The molecule has 1 heterocycles. The number of methoxy groups -OCH3 is 1. The van der Waals surface area contributed by atoms with Crippen LogP contribution in [0.15, 0.2) is 92.4 Å². The predicted molar refractivity (Wildman–Crippen MR) is 152 cm³/mol. The number of halogens is 2. The number of rotatable bonds is 8. The molecule has 0 atom stereocenters. The normalized spacial score (nSPS) is 15.4. The van der Waals surface area contributed by atoms with Crippen molar-refractivity contribution in [3.63, 3.8) is 0 Å². The molecule has 6 nitrogen and oxygen atoms in total. The summed E-state index contributed by atoms with van der Waals surface area (Å²) in [6.07, 6.45) is 1.75. The van der Waals surface area contributed by atoms with Crippen LogP contribution in [-0.2, 0) is 16.1 Å². The third-order valence-electron chi connectivity index (χ3n) is 5.20. The van der Waals surface area contributed by atoms with Gasteiger partial charge in [-0.25, -0.2) is 9.79 Å². The van der Waals surface area contributed by atoms with Crippen LogP contribution in [-0.4, -0.2) is 29.8 Å². The number of para-hydroxylation sites is 1. The Morgan fingerprint density at radius 3 is 2.54 bits per heavy atom. The van der Waals surface area contributed by atoms with Gasteiger partial charge in [0, 0.05) is 5.02 Å². The molecule has 1 N–H and O–H groups in total. The average Bonchev–Trinajstić information content (AvgIpc) is 3.19. The lowest BCUT2D eigenvalue weighted by molar-refractivity contribution is -0.138. The highest BCUT2D eigenvalue weighted by molar-refractivity contribution is 9.10. The van der Waals surface area contributed by atoms with Crippen LogP contribution >= 0.6 is 39.3 Å². The Hall–Kier alpha value is -3.20. The highest BCUT2D eigenvalue weighted by Gasteiger charge is 2.33. The molecule has 37 heavy (non-hydrogen) atoms. The van der Waals surface area contributed by atoms with Crippen molar-refractivity contribution >= 4 is 62.1 Å². The number of aliphatic imine (C=N–C) groups is 1. The largest absolute Gasteiger partial charge is 0.506 e. The van der Waals surface area contributed by atoms with Crippen molar-refractivity contribution in [1.29, 1.82) is 0 Å². The number of ether oxygens (including phenoxy) is 3. The first-order valence-corrected chi connectivity index (χ1v) is 13.3. The fraction of sp³-hybridized carbons (Fsp3) is 0.143. The van der Waals surface area contributed by atoms with Crippen molar-refractivity contribution in [2.24, 2.45) is 4.99 Å². The van der Waals surface area contributed by atoms with Gasteiger partial charge in [0.25, 0.3) is 0 Å². The molecule has 0 saturated carbocycles. The maximum absolute atomic E-state index is 12.6. The zero-order valence-electron chi connectivity index (χ0n) is 20.0. The molecular weight excluding hydrogens is 578 g/mol. The van der Waals surface area contributed by atoms with Crippen molar-refractivity contribution in [2.45, 2.75) is 13.5 Å². The van der Waals surface area contributed by atoms with E-state index < -0.39 is 5.97 Å². The Bertz CT molecular complexity index is 1390. The Morgan fingerprint density at radius 2 is 1.86 bits per heavy atom. The summed E-state index contributed by atoms with van der Waals surface area (Å²) < 4.78 is 17.4. The number of aliphatic hydroxyl groups is 1. The molecule has 9 heteroatoms. The summed E-state index contributed by atoms with van der Waals surface area (Å²) in [5.74, 6) is 0.231. The minimum Gasteiger partial charge on any atom is -0.506 e. The minimum atomic E-state index is -0.629. The van der Waals surface area contributed by atoms with Crippen molar-refractivity contribution in [2.75, 3.05) is 13.7 Å². The molecule has 3 aromatic rings. The van der Waals surface area contributed by atoms with Gasteiger partial charge >= 0.3 is 5.97 Å². The molecule has 0 aromatic heterocycles. The lowest BCUT2D eigenvalue weighted by Gasteiger charge is -2.14. The molecular formula is C28H23BrClNO5S. The van der Waals surface area contributed by atoms with E-state index in [9.17, 15) is 9.90 Å². The molecule has 3 aromatic carbocycles. The Morgan fingerprint density at radius 1 is 1.14 bits per heavy atom. The fourth-order valence-corrected chi connectivity index (χ4v) is 5.20. The Labute approximate surface area is 232 Å². The summed E-state index contributed by atoms with van der Waals surface area (Å²) in [6.45, 7) is 2.22. The van der Waals surface area contributed by atoms with E-state index in [4.69, 9.17) is 25.8 Å². The summed E-state index contributed by atoms with van der Waals surface area (Å²) in [4.78, 5) is 17.7. The van der Waals surface area contributed by atoms with Crippen LogP contribution in [0.2, 0.25) is 5.02 Å². The number of aliphatic hydroxyl groups excluding tert-OH is 1. The molecule has 0 unspecified atom stereocenters. The topological polar surface area (TPSA) is 77.4 Å². The smallest absolute Gasteiger partial charge is 0.344 e. The molecule has 1 aliphatic heterocycles. The van der Waals surface area contributed by atoms with Crippen LogP contribution < -0.4 is 9.47 Å². The average molecular weight is 601 g/mol. The number of benzene rings is 3. The van der Waals surface area contributed by atoms with Crippen LogP contribution in [0.3, 0.4) is 0 Å². The first kappa shape index (κ1) is 26.9. The number of carbonyl (C=O) groups excluding carboxylic acids is 1. The number of esters is 1. The van der Waals surface area contributed by atoms with E-state index >= 15 is 0 Å². The quantitative estimate of drug-likeness (QED) is 0.265. The molecule has 1 aliphatic rings. The maximum Gasteiger partial charge on any atom is 0.344 e. The fourth-order valence-electron chi connectivity index (χ4n) is 3.46. The van der Waals surface area contributed by atoms with Gasteiger partial charge in [-0.1, -0.05) is 53.7 Å². The van der Waals surface area contributed by atoms with Gasteiger partial charge < -0.3 is 19.3 Å². The molecule has 0 amide bonds. The second-order valence-electron chi connectivity index (χ2n) is 7.76. The van der Waals surface area contributed by atoms with Gasteiger partial charge in [-0.15, -0.1) is 0 Å². The van der Waals surface area contributed by atoms with Gasteiger partial charge in [0.1, 0.15) is 23.0 Å². The van der Waals surface area contributed by atoms with E-state index in [1.54, 1.807) is 38.3 Å². The number of hydrogen-bond acceptors (Lipinski definition) is 7. The van der Waals surface area contributed by atoms with Crippen molar-refractivity contribution in [1.82, 2.24) is 0 Å². The second-order valence-corrected chi connectivity index (χ2v) is 10.1. The predicted octanol–water partition coefficient (Wildman–Crippen LogP) is 7.88. The molecule has 0 radical (unpaired) electrons. The first-order valence-electron chi connectivity index (χ1n) is 11.3. The zero-order chi connectivity index (χ0) is 26.4. The molecule has 190 valence electrons. The summed E-state index contributed by atoms with van der Waals surface area (Å²) >= 11 is 10.7. The van der Waals surface area contributed by atoms with Gasteiger partial charge in [0.15, 0.2) is 11.5 Å². The van der Waals surface area contributed by atoms with E-state index in [1.165, 1.54) is 11.8 Å². The van der Waals surface area contributed by atoms with Crippen molar-refractivity contribution in [3.8, 4) is 11.5 Å². The van der Waals surface area contributed by atoms with E-state index in [0.29, 0.717) is 43.2 Å². The highest BCUT2D eigenvalue weighted by atomic mass is 79.9. The van der Waals surface area contributed by atoms with E-state index in [0.717, 1.165) is 11.1 Å². The summed E-state index contributed by atoms with van der Waals surface area (Å²) in [5, 5.41) is 12.0.